The van der Waals surface area contributed by atoms with Gasteiger partial charge in [-0.05, 0) is 20.8 Å². The van der Waals surface area contributed by atoms with Gasteiger partial charge in [-0.2, -0.15) is 0 Å². The van der Waals surface area contributed by atoms with Crippen LogP contribution in [0.25, 0.3) is 0 Å². The van der Waals surface area contributed by atoms with Gasteiger partial charge in [0.1, 0.15) is 11.6 Å². The SMILES string of the molecule is Cc1nccn1C(C)CN.Cc1nccn1CCN. The summed E-state index contributed by atoms with van der Waals surface area (Å²) in [5, 5.41) is 0. The van der Waals surface area contributed by atoms with Crippen molar-refractivity contribution in [3.05, 3.63) is 36.4 Å². The van der Waals surface area contributed by atoms with Crippen LogP contribution in [0.4, 0.5) is 0 Å². The highest BCUT2D eigenvalue weighted by molar-refractivity contribution is 4.91. The van der Waals surface area contributed by atoms with E-state index >= 15 is 0 Å². The molecule has 106 valence electrons. The van der Waals surface area contributed by atoms with Gasteiger partial charge in [-0.1, -0.05) is 0 Å². The minimum Gasteiger partial charge on any atom is -0.334 e. The van der Waals surface area contributed by atoms with Crippen LogP contribution in [0.1, 0.15) is 24.6 Å². The van der Waals surface area contributed by atoms with Gasteiger partial charge in [0.25, 0.3) is 0 Å². The molecule has 0 aliphatic carbocycles. The van der Waals surface area contributed by atoms with E-state index in [1.165, 1.54) is 0 Å². The van der Waals surface area contributed by atoms with Crippen molar-refractivity contribution in [3.8, 4) is 0 Å². The maximum absolute atomic E-state index is 5.48. The molecule has 2 aromatic rings. The van der Waals surface area contributed by atoms with Gasteiger partial charge >= 0.3 is 0 Å². The van der Waals surface area contributed by atoms with Crippen LogP contribution in [0.15, 0.2) is 24.8 Å². The second kappa shape index (κ2) is 7.70. The average molecular weight is 264 g/mol. The van der Waals surface area contributed by atoms with Crippen molar-refractivity contribution in [3.63, 3.8) is 0 Å². The molecule has 0 aliphatic rings. The number of imidazole rings is 2. The predicted molar refractivity (Wildman–Crippen MR) is 76.7 cm³/mol. The summed E-state index contributed by atoms with van der Waals surface area (Å²) in [5.74, 6) is 2.05. The fourth-order valence-corrected chi connectivity index (χ4v) is 1.75. The first-order valence-electron chi connectivity index (χ1n) is 6.47. The molecule has 1 unspecified atom stereocenters. The molecule has 0 spiro atoms. The molecule has 6 nitrogen and oxygen atoms in total. The second-order valence-electron chi connectivity index (χ2n) is 4.42. The Morgan fingerprint density at radius 3 is 2.16 bits per heavy atom. The van der Waals surface area contributed by atoms with Crippen LogP contribution in [0.3, 0.4) is 0 Å². The lowest BCUT2D eigenvalue weighted by molar-refractivity contribution is 0.544. The Bertz CT molecular complexity index is 473. The highest BCUT2D eigenvalue weighted by Crippen LogP contribution is 2.05. The first-order chi connectivity index (χ1) is 9.10. The number of nitrogens with two attached hydrogens (primary N) is 2. The molecule has 1 atom stereocenters. The van der Waals surface area contributed by atoms with Crippen LogP contribution < -0.4 is 11.5 Å². The lowest BCUT2D eigenvalue weighted by Crippen LogP contribution is -2.16. The van der Waals surface area contributed by atoms with Gasteiger partial charge in [0.05, 0.1) is 0 Å². The van der Waals surface area contributed by atoms with Crippen molar-refractivity contribution in [1.82, 2.24) is 19.1 Å². The van der Waals surface area contributed by atoms with E-state index in [1.54, 1.807) is 12.4 Å². The molecule has 6 heteroatoms. The fourth-order valence-electron chi connectivity index (χ4n) is 1.75. The molecule has 0 aliphatic heterocycles. The zero-order valence-electron chi connectivity index (χ0n) is 12.0. The molecule has 0 amide bonds. The van der Waals surface area contributed by atoms with Crippen molar-refractivity contribution >= 4 is 0 Å². The zero-order chi connectivity index (χ0) is 14.3. The number of aromatic nitrogens is 4. The Balaban J connectivity index is 0.000000191. The van der Waals surface area contributed by atoms with Gasteiger partial charge in [-0.25, -0.2) is 9.97 Å². The average Bonchev–Trinajstić information content (AvgIpc) is 2.99. The van der Waals surface area contributed by atoms with Gasteiger partial charge in [-0.15, -0.1) is 0 Å². The lowest BCUT2D eigenvalue weighted by atomic mass is 10.3. The third kappa shape index (κ3) is 4.50. The summed E-state index contributed by atoms with van der Waals surface area (Å²) in [4.78, 5) is 8.14. The van der Waals surface area contributed by atoms with Crippen molar-refractivity contribution in [2.75, 3.05) is 13.1 Å². The van der Waals surface area contributed by atoms with E-state index < -0.39 is 0 Å². The van der Waals surface area contributed by atoms with Crippen LogP contribution in [-0.4, -0.2) is 32.2 Å². The van der Waals surface area contributed by atoms with Gasteiger partial charge in [-0.3, -0.25) is 0 Å². The van der Waals surface area contributed by atoms with Crippen LogP contribution >= 0.6 is 0 Å². The van der Waals surface area contributed by atoms with Gasteiger partial charge in [0.15, 0.2) is 0 Å². The molecular formula is C13H24N6. The number of aryl methyl sites for hydroxylation is 2. The molecule has 0 bridgehead atoms. The molecule has 0 saturated carbocycles. The standard InChI is InChI=1S/C7H13N3.C6H11N3/c1-6(5-8)10-4-3-9-7(10)2;1-6-8-3-5-9(6)4-2-7/h3-4,6H,5,8H2,1-2H3;3,5H,2,4,7H2,1H3. The molecule has 0 aromatic carbocycles. The highest BCUT2D eigenvalue weighted by Gasteiger charge is 2.02. The Morgan fingerprint density at radius 1 is 1.11 bits per heavy atom. The number of hydrogen-bond donors (Lipinski definition) is 2. The highest BCUT2D eigenvalue weighted by atomic mass is 15.1. The van der Waals surface area contributed by atoms with Crippen LogP contribution in [-0.2, 0) is 6.54 Å². The second-order valence-corrected chi connectivity index (χ2v) is 4.42. The first-order valence-corrected chi connectivity index (χ1v) is 6.47. The smallest absolute Gasteiger partial charge is 0.105 e. The van der Waals surface area contributed by atoms with E-state index in [4.69, 9.17) is 11.5 Å². The molecule has 0 saturated heterocycles. The summed E-state index contributed by atoms with van der Waals surface area (Å²) in [5.41, 5.74) is 10.8. The first kappa shape index (κ1) is 15.4. The van der Waals surface area contributed by atoms with Gasteiger partial charge in [0.2, 0.25) is 0 Å². The Hall–Kier alpha value is -1.66. The molecule has 19 heavy (non-hydrogen) atoms. The molecule has 2 aromatic heterocycles. The normalized spacial score (nSPS) is 11.8. The minimum absolute atomic E-state index is 0.363. The summed E-state index contributed by atoms with van der Waals surface area (Å²) >= 11 is 0. The van der Waals surface area contributed by atoms with E-state index in [2.05, 4.69) is 21.5 Å². The monoisotopic (exact) mass is 264 g/mol. The van der Waals surface area contributed by atoms with Crippen LogP contribution in [0.5, 0.6) is 0 Å². The quantitative estimate of drug-likeness (QED) is 0.857. The Labute approximate surface area is 114 Å². The van der Waals surface area contributed by atoms with Crippen molar-refractivity contribution < 1.29 is 0 Å². The molecule has 0 radical (unpaired) electrons. The van der Waals surface area contributed by atoms with Crippen molar-refractivity contribution in [2.45, 2.75) is 33.4 Å². The third-order valence-corrected chi connectivity index (χ3v) is 2.97. The maximum atomic E-state index is 5.48. The molecular weight excluding hydrogens is 240 g/mol. The lowest BCUT2D eigenvalue weighted by Gasteiger charge is -2.11. The third-order valence-electron chi connectivity index (χ3n) is 2.97. The fraction of sp³-hybridized carbons (Fsp3) is 0.538. The Kier molecular flexibility index (Phi) is 6.24. The van der Waals surface area contributed by atoms with Crippen LogP contribution in [0.2, 0.25) is 0 Å². The van der Waals surface area contributed by atoms with E-state index in [0.29, 0.717) is 19.1 Å². The Morgan fingerprint density at radius 2 is 1.74 bits per heavy atom. The van der Waals surface area contributed by atoms with E-state index in [9.17, 15) is 0 Å². The number of hydrogen-bond acceptors (Lipinski definition) is 4. The summed E-state index contributed by atoms with van der Waals surface area (Å²) in [6, 6.07) is 0.363. The van der Waals surface area contributed by atoms with Crippen LogP contribution in [0, 0.1) is 13.8 Å². The summed E-state index contributed by atoms with van der Waals surface area (Å²) in [7, 11) is 0. The maximum Gasteiger partial charge on any atom is 0.105 e. The van der Waals surface area contributed by atoms with Crippen molar-refractivity contribution in [1.29, 1.82) is 0 Å². The molecule has 2 heterocycles. The molecule has 4 N–H and O–H groups in total. The molecule has 0 fully saturated rings. The van der Waals surface area contributed by atoms with E-state index in [-0.39, 0.29) is 0 Å². The minimum atomic E-state index is 0.363. The summed E-state index contributed by atoms with van der Waals surface area (Å²) < 4.78 is 4.10. The van der Waals surface area contributed by atoms with Crippen molar-refractivity contribution in [2.24, 2.45) is 11.5 Å². The topological polar surface area (TPSA) is 87.7 Å². The summed E-state index contributed by atoms with van der Waals surface area (Å²) in [6.07, 6.45) is 7.46. The predicted octanol–water partition coefficient (Wildman–Crippen LogP) is 0.861. The zero-order valence-corrected chi connectivity index (χ0v) is 12.0. The molecule has 2 rings (SSSR count). The van der Waals surface area contributed by atoms with Gasteiger partial charge < -0.3 is 20.6 Å². The number of nitrogens with zero attached hydrogens (tertiary/aromatic N) is 4. The van der Waals surface area contributed by atoms with Gasteiger partial charge in [0, 0.05) is 50.5 Å². The number of rotatable bonds is 4. The largest absolute Gasteiger partial charge is 0.334 e. The van der Waals surface area contributed by atoms with E-state index in [0.717, 1.165) is 18.2 Å². The van der Waals surface area contributed by atoms with E-state index in [1.807, 2.05) is 30.8 Å². The summed E-state index contributed by atoms with van der Waals surface area (Å²) in [6.45, 7) is 8.23.